The molecule has 0 unspecified atom stereocenters. The number of hydrogen-bond acceptors (Lipinski definition) is 4. The predicted molar refractivity (Wildman–Crippen MR) is 65.0 cm³/mol. The first-order valence-electron chi connectivity index (χ1n) is 5.70. The SMILES string of the molecule is COc1cccc(CNCCCN)c1OC(F)F. The fourth-order valence-corrected chi connectivity index (χ4v) is 1.53. The van der Waals surface area contributed by atoms with Gasteiger partial charge in [-0.2, -0.15) is 8.78 Å². The van der Waals surface area contributed by atoms with Gasteiger partial charge in [-0.05, 0) is 25.6 Å². The zero-order chi connectivity index (χ0) is 13.4. The number of halogens is 2. The van der Waals surface area contributed by atoms with Crippen molar-refractivity contribution < 1.29 is 18.3 Å². The van der Waals surface area contributed by atoms with E-state index in [1.54, 1.807) is 18.2 Å². The molecule has 0 bridgehead atoms. The largest absolute Gasteiger partial charge is 0.493 e. The van der Waals surface area contributed by atoms with Gasteiger partial charge in [0.1, 0.15) is 0 Å². The number of alkyl halides is 2. The second-order valence-electron chi connectivity index (χ2n) is 3.65. The highest BCUT2D eigenvalue weighted by Crippen LogP contribution is 2.32. The molecule has 0 aliphatic carbocycles. The first-order valence-corrected chi connectivity index (χ1v) is 5.70. The highest BCUT2D eigenvalue weighted by molar-refractivity contribution is 5.46. The van der Waals surface area contributed by atoms with Gasteiger partial charge in [0.15, 0.2) is 11.5 Å². The van der Waals surface area contributed by atoms with E-state index in [1.807, 2.05) is 0 Å². The Balaban J connectivity index is 2.75. The zero-order valence-electron chi connectivity index (χ0n) is 10.3. The van der Waals surface area contributed by atoms with E-state index in [9.17, 15) is 8.78 Å². The topological polar surface area (TPSA) is 56.5 Å². The van der Waals surface area contributed by atoms with Crippen molar-refractivity contribution in [3.63, 3.8) is 0 Å². The van der Waals surface area contributed by atoms with Crippen LogP contribution in [0.1, 0.15) is 12.0 Å². The van der Waals surface area contributed by atoms with Crippen molar-refractivity contribution in [1.29, 1.82) is 0 Å². The maximum Gasteiger partial charge on any atom is 0.387 e. The Bertz CT molecular complexity index is 362. The molecule has 102 valence electrons. The van der Waals surface area contributed by atoms with Gasteiger partial charge >= 0.3 is 6.61 Å². The minimum atomic E-state index is -2.87. The van der Waals surface area contributed by atoms with Crippen LogP contribution in [0, 0.1) is 0 Å². The van der Waals surface area contributed by atoms with Crippen molar-refractivity contribution in [1.82, 2.24) is 5.32 Å². The molecular weight excluding hydrogens is 242 g/mol. The number of nitrogens with two attached hydrogens (primary N) is 1. The third kappa shape index (κ3) is 4.46. The Kier molecular flexibility index (Phi) is 6.38. The maximum atomic E-state index is 12.3. The summed E-state index contributed by atoms with van der Waals surface area (Å²) < 4.78 is 34.2. The second kappa shape index (κ2) is 7.84. The lowest BCUT2D eigenvalue weighted by Gasteiger charge is -2.14. The quantitative estimate of drug-likeness (QED) is 0.699. The number of methoxy groups -OCH3 is 1. The normalized spacial score (nSPS) is 10.7. The van der Waals surface area contributed by atoms with Crippen LogP contribution in [0.4, 0.5) is 8.78 Å². The molecule has 4 nitrogen and oxygen atoms in total. The maximum absolute atomic E-state index is 12.3. The number of benzene rings is 1. The van der Waals surface area contributed by atoms with Crippen molar-refractivity contribution in [2.24, 2.45) is 5.73 Å². The van der Waals surface area contributed by atoms with Crippen molar-refractivity contribution in [2.45, 2.75) is 19.6 Å². The molecule has 0 radical (unpaired) electrons. The Morgan fingerprint density at radius 1 is 1.39 bits per heavy atom. The Morgan fingerprint density at radius 2 is 2.17 bits per heavy atom. The zero-order valence-corrected chi connectivity index (χ0v) is 10.3. The Hall–Kier alpha value is -1.40. The summed E-state index contributed by atoms with van der Waals surface area (Å²) in [4.78, 5) is 0. The number of hydrogen-bond donors (Lipinski definition) is 2. The first kappa shape index (κ1) is 14.7. The van der Waals surface area contributed by atoms with E-state index in [0.717, 1.165) is 13.0 Å². The Labute approximate surface area is 105 Å². The van der Waals surface area contributed by atoms with E-state index in [4.69, 9.17) is 10.5 Å². The average molecular weight is 260 g/mol. The summed E-state index contributed by atoms with van der Waals surface area (Å²) in [5, 5.41) is 3.11. The van der Waals surface area contributed by atoms with Crippen LogP contribution in [-0.4, -0.2) is 26.8 Å². The van der Waals surface area contributed by atoms with Gasteiger partial charge in [-0.15, -0.1) is 0 Å². The summed E-state index contributed by atoms with van der Waals surface area (Å²) in [6.07, 6.45) is 0.828. The molecule has 0 heterocycles. The van der Waals surface area contributed by atoms with E-state index in [1.165, 1.54) is 7.11 Å². The van der Waals surface area contributed by atoms with Crippen LogP contribution in [-0.2, 0) is 6.54 Å². The van der Waals surface area contributed by atoms with Gasteiger partial charge in [-0.3, -0.25) is 0 Å². The second-order valence-corrected chi connectivity index (χ2v) is 3.65. The molecule has 0 aromatic heterocycles. The standard InChI is InChI=1S/C12H18F2N2O2/c1-17-10-5-2-4-9(8-16-7-3-6-15)11(10)18-12(13)14/h2,4-5,12,16H,3,6-8,15H2,1H3. The molecule has 0 amide bonds. The highest BCUT2D eigenvalue weighted by atomic mass is 19.3. The van der Waals surface area contributed by atoms with Crippen LogP contribution < -0.4 is 20.5 Å². The number of para-hydroxylation sites is 1. The van der Waals surface area contributed by atoms with Gasteiger partial charge in [-0.25, -0.2) is 0 Å². The van der Waals surface area contributed by atoms with Gasteiger partial charge < -0.3 is 20.5 Å². The molecule has 0 aliphatic heterocycles. The molecular formula is C12H18F2N2O2. The van der Waals surface area contributed by atoms with Crippen LogP contribution in [0.2, 0.25) is 0 Å². The number of nitrogens with one attached hydrogen (secondary N) is 1. The minimum Gasteiger partial charge on any atom is -0.493 e. The molecule has 0 aliphatic rings. The summed E-state index contributed by atoms with van der Waals surface area (Å²) in [6.45, 7) is -1.13. The van der Waals surface area contributed by atoms with Crippen LogP contribution in [0.25, 0.3) is 0 Å². The molecule has 0 saturated carbocycles. The Morgan fingerprint density at radius 3 is 2.78 bits per heavy atom. The van der Waals surface area contributed by atoms with Crippen LogP contribution >= 0.6 is 0 Å². The van der Waals surface area contributed by atoms with Gasteiger partial charge in [0.05, 0.1) is 7.11 Å². The number of ether oxygens (including phenoxy) is 2. The van der Waals surface area contributed by atoms with Crippen LogP contribution in [0.15, 0.2) is 18.2 Å². The molecule has 3 N–H and O–H groups in total. The lowest BCUT2D eigenvalue weighted by Crippen LogP contribution is -2.18. The smallest absolute Gasteiger partial charge is 0.387 e. The van der Waals surface area contributed by atoms with Crippen molar-refractivity contribution >= 4 is 0 Å². The fraction of sp³-hybridized carbons (Fsp3) is 0.500. The van der Waals surface area contributed by atoms with E-state index in [0.29, 0.717) is 24.4 Å². The van der Waals surface area contributed by atoms with Crippen molar-refractivity contribution in [3.05, 3.63) is 23.8 Å². The fourth-order valence-electron chi connectivity index (χ4n) is 1.53. The van der Waals surface area contributed by atoms with Crippen molar-refractivity contribution in [2.75, 3.05) is 20.2 Å². The molecule has 1 rings (SSSR count). The molecule has 1 aromatic carbocycles. The summed E-state index contributed by atoms with van der Waals surface area (Å²) in [6, 6.07) is 5.04. The van der Waals surface area contributed by atoms with Gasteiger partial charge in [0.2, 0.25) is 0 Å². The summed E-state index contributed by atoms with van der Waals surface area (Å²) >= 11 is 0. The highest BCUT2D eigenvalue weighted by Gasteiger charge is 2.14. The number of rotatable bonds is 8. The molecule has 0 saturated heterocycles. The minimum absolute atomic E-state index is 0.0789. The third-order valence-electron chi connectivity index (χ3n) is 2.36. The summed E-state index contributed by atoms with van der Waals surface area (Å²) in [7, 11) is 1.42. The van der Waals surface area contributed by atoms with Gasteiger partial charge in [0, 0.05) is 12.1 Å². The van der Waals surface area contributed by atoms with Gasteiger partial charge in [-0.1, -0.05) is 12.1 Å². The molecule has 0 fully saturated rings. The van der Waals surface area contributed by atoms with Gasteiger partial charge in [0.25, 0.3) is 0 Å². The molecule has 0 spiro atoms. The van der Waals surface area contributed by atoms with E-state index >= 15 is 0 Å². The molecule has 18 heavy (non-hydrogen) atoms. The summed E-state index contributed by atoms with van der Waals surface area (Å²) in [5.74, 6) is 0.378. The molecule has 6 heteroatoms. The summed E-state index contributed by atoms with van der Waals surface area (Å²) in [5.41, 5.74) is 6.00. The molecule has 1 aromatic rings. The van der Waals surface area contributed by atoms with Crippen molar-refractivity contribution in [3.8, 4) is 11.5 Å². The average Bonchev–Trinajstić information content (AvgIpc) is 2.35. The monoisotopic (exact) mass is 260 g/mol. The first-order chi connectivity index (χ1) is 8.69. The van der Waals surface area contributed by atoms with Crippen LogP contribution in [0.5, 0.6) is 11.5 Å². The third-order valence-corrected chi connectivity index (χ3v) is 2.36. The lowest BCUT2D eigenvalue weighted by atomic mass is 10.2. The van der Waals surface area contributed by atoms with E-state index < -0.39 is 6.61 Å². The predicted octanol–water partition coefficient (Wildman–Crippen LogP) is 1.73. The lowest BCUT2D eigenvalue weighted by molar-refractivity contribution is -0.0518. The molecule has 0 atom stereocenters. The van der Waals surface area contributed by atoms with E-state index in [-0.39, 0.29) is 5.75 Å². The van der Waals surface area contributed by atoms with E-state index in [2.05, 4.69) is 10.1 Å². The van der Waals surface area contributed by atoms with Crippen LogP contribution in [0.3, 0.4) is 0 Å².